The Hall–Kier alpha value is -2.44. The first-order valence-electron chi connectivity index (χ1n) is 8.11. The van der Waals surface area contributed by atoms with Crippen LogP contribution >= 0.6 is 11.3 Å². The number of fused-ring (bicyclic) bond motifs is 1. The minimum Gasteiger partial charge on any atom is -0.380 e. The molecule has 6 heteroatoms. The third-order valence-electron chi connectivity index (χ3n) is 4.01. The van der Waals surface area contributed by atoms with Gasteiger partial charge in [-0.1, -0.05) is 18.2 Å². The number of nitrogens with one attached hydrogen (secondary N) is 1. The molecule has 0 saturated carbocycles. The van der Waals surface area contributed by atoms with Crippen LogP contribution in [0.2, 0.25) is 0 Å². The minimum absolute atomic E-state index is 0.176. The number of hydrazine groups is 1. The number of rotatable bonds is 4. The Balaban J connectivity index is 1.81. The molecule has 3 N–H and O–H groups in total. The molecule has 0 bridgehead atoms. The molecular weight excluding hydrogens is 332 g/mol. The SMILES string of the molecule is CC(C)(C)N(N)C(=O)c1sccc1NCc1ccnc2ccccc12. The molecule has 0 radical (unpaired) electrons. The number of pyridine rings is 1. The highest BCUT2D eigenvalue weighted by Crippen LogP contribution is 2.27. The zero-order valence-corrected chi connectivity index (χ0v) is 15.4. The van der Waals surface area contributed by atoms with Crippen molar-refractivity contribution in [3.63, 3.8) is 0 Å². The smallest absolute Gasteiger partial charge is 0.280 e. The van der Waals surface area contributed by atoms with Crippen LogP contribution in [0.25, 0.3) is 10.9 Å². The van der Waals surface area contributed by atoms with Gasteiger partial charge in [-0.3, -0.25) is 14.8 Å². The summed E-state index contributed by atoms with van der Waals surface area (Å²) in [7, 11) is 0. The number of anilines is 1. The molecule has 0 atom stereocenters. The molecule has 3 aromatic rings. The van der Waals surface area contributed by atoms with Crippen LogP contribution in [0.4, 0.5) is 5.69 Å². The molecule has 0 unspecified atom stereocenters. The van der Waals surface area contributed by atoms with E-state index in [4.69, 9.17) is 5.84 Å². The normalized spacial score (nSPS) is 11.5. The molecule has 0 saturated heterocycles. The van der Waals surface area contributed by atoms with Crippen molar-refractivity contribution < 1.29 is 4.79 Å². The van der Waals surface area contributed by atoms with E-state index in [1.165, 1.54) is 16.3 Å². The van der Waals surface area contributed by atoms with Crippen LogP contribution in [0.5, 0.6) is 0 Å². The number of carbonyl (C=O) groups is 1. The summed E-state index contributed by atoms with van der Waals surface area (Å²) in [5.41, 5.74) is 2.47. The highest BCUT2D eigenvalue weighted by Gasteiger charge is 2.27. The number of hydrogen-bond acceptors (Lipinski definition) is 5. The van der Waals surface area contributed by atoms with Crippen LogP contribution in [0.15, 0.2) is 48.0 Å². The molecule has 1 aromatic carbocycles. The van der Waals surface area contributed by atoms with E-state index in [2.05, 4.69) is 16.4 Å². The summed E-state index contributed by atoms with van der Waals surface area (Å²) >= 11 is 1.39. The first-order valence-corrected chi connectivity index (χ1v) is 8.99. The first kappa shape index (κ1) is 17.4. The number of hydrogen-bond donors (Lipinski definition) is 2. The lowest BCUT2D eigenvalue weighted by Gasteiger charge is -2.30. The maximum atomic E-state index is 12.7. The molecule has 2 aromatic heterocycles. The molecule has 2 heterocycles. The zero-order valence-electron chi connectivity index (χ0n) is 14.6. The fourth-order valence-corrected chi connectivity index (χ4v) is 3.33. The molecule has 1 amide bonds. The van der Waals surface area contributed by atoms with Gasteiger partial charge >= 0.3 is 0 Å². The summed E-state index contributed by atoms with van der Waals surface area (Å²) in [6.07, 6.45) is 1.81. The van der Waals surface area contributed by atoms with Crippen LogP contribution in [-0.2, 0) is 6.54 Å². The molecule has 0 aliphatic rings. The summed E-state index contributed by atoms with van der Waals surface area (Å²) < 4.78 is 0. The van der Waals surface area contributed by atoms with E-state index in [9.17, 15) is 4.79 Å². The van der Waals surface area contributed by atoms with Crippen LogP contribution in [-0.4, -0.2) is 21.4 Å². The van der Waals surface area contributed by atoms with E-state index >= 15 is 0 Å². The summed E-state index contributed by atoms with van der Waals surface area (Å²) in [6.45, 7) is 6.35. The number of benzene rings is 1. The highest BCUT2D eigenvalue weighted by molar-refractivity contribution is 7.12. The van der Waals surface area contributed by atoms with Crippen LogP contribution in [0, 0.1) is 0 Å². The lowest BCUT2D eigenvalue weighted by atomic mass is 10.1. The third-order valence-corrected chi connectivity index (χ3v) is 4.91. The number of thiophene rings is 1. The molecule has 3 rings (SSSR count). The van der Waals surface area contributed by atoms with E-state index in [0.29, 0.717) is 11.4 Å². The van der Waals surface area contributed by atoms with Crippen LogP contribution < -0.4 is 11.2 Å². The van der Waals surface area contributed by atoms with Crippen molar-refractivity contribution in [2.75, 3.05) is 5.32 Å². The number of amides is 1. The largest absolute Gasteiger partial charge is 0.380 e. The molecule has 0 fully saturated rings. The molecule has 130 valence electrons. The summed E-state index contributed by atoms with van der Waals surface area (Å²) in [4.78, 5) is 17.7. The van der Waals surface area contributed by atoms with Crippen LogP contribution in [0.3, 0.4) is 0 Å². The van der Waals surface area contributed by atoms with E-state index in [-0.39, 0.29) is 5.91 Å². The van der Waals surface area contributed by atoms with E-state index in [0.717, 1.165) is 22.2 Å². The van der Waals surface area contributed by atoms with Crippen molar-refractivity contribution in [2.24, 2.45) is 5.84 Å². The van der Waals surface area contributed by atoms with Crippen molar-refractivity contribution in [1.82, 2.24) is 9.99 Å². The van der Waals surface area contributed by atoms with Gasteiger partial charge in [-0.2, -0.15) is 0 Å². The summed E-state index contributed by atoms with van der Waals surface area (Å²) in [6, 6.07) is 11.9. The Labute approximate surface area is 151 Å². The second kappa shape index (κ2) is 6.82. The van der Waals surface area contributed by atoms with Gasteiger partial charge in [0.05, 0.1) is 16.7 Å². The van der Waals surface area contributed by atoms with E-state index < -0.39 is 5.54 Å². The van der Waals surface area contributed by atoms with E-state index in [1.54, 1.807) is 6.20 Å². The second-order valence-corrected chi connectivity index (χ2v) is 7.77. The van der Waals surface area contributed by atoms with Crippen molar-refractivity contribution in [3.05, 3.63) is 58.4 Å². The van der Waals surface area contributed by atoms with Gasteiger partial charge in [-0.05, 0) is 49.9 Å². The monoisotopic (exact) mass is 354 g/mol. The Bertz CT molecular complexity index is 892. The van der Waals surface area contributed by atoms with Crippen molar-refractivity contribution in [1.29, 1.82) is 0 Å². The first-order chi connectivity index (χ1) is 11.9. The van der Waals surface area contributed by atoms with Gasteiger partial charge in [0.25, 0.3) is 5.91 Å². The van der Waals surface area contributed by atoms with Crippen molar-refractivity contribution in [2.45, 2.75) is 32.9 Å². The fourth-order valence-electron chi connectivity index (χ4n) is 2.53. The number of nitrogens with two attached hydrogens (primary N) is 1. The van der Waals surface area contributed by atoms with E-state index in [1.807, 2.05) is 56.5 Å². The lowest BCUT2D eigenvalue weighted by molar-refractivity contribution is 0.0588. The minimum atomic E-state index is -0.431. The fraction of sp³-hybridized carbons (Fsp3) is 0.263. The van der Waals surface area contributed by atoms with Gasteiger partial charge in [0.2, 0.25) is 0 Å². The number of nitrogens with zero attached hydrogens (tertiary/aromatic N) is 2. The van der Waals surface area contributed by atoms with Crippen molar-refractivity contribution in [3.8, 4) is 0 Å². The van der Waals surface area contributed by atoms with Gasteiger partial charge in [0.1, 0.15) is 4.88 Å². The van der Waals surface area contributed by atoms with Gasteiger partial charge < -0.3 is 5.32 Å². The molecule has 5 nitrogen and oxygen atoms in total. The van der Waals surface area contributed by atoms with Crippen LogP contribution in [0.1, 0.15) is 36.0 Å². The molecule has 0 spiro atoms. The average molecular weight is 354 g/mol. The van der Waals surface area contributed by atoms with Gasteiger partial charge in [0.15, 0.2) is 0 Å². The van der Waals surface area contributed by atoms with Crippen molar-refractivity contribution >= 4 is 33.8 Å². The molecular formula is C19H22N4OS. The topological polar surface area (TPSA) is 71.2 Å². The quantitative estimate of drug-likeness (QED) is 0.422. The second-order valence-electron chi connectivity index (χ2n) is 6.85. The maximum Gasteiger partial charge on any atom is 0.280 e. The number of para-hydroxylation sites is 1. The Morgan fingerprint density at radius 3 is 2.76 bits per heavy atom. The summed E-state index contributed by atoms with van der Waals surface area (Å²) in [5.74, 6) is 5.81. The Kier molecular flexibility index (Phi) is 4.74. The average Bonchev–Trinajstić information content (AvgIpc) is 3.06. The molecule has 0 aliphatic heterocycles. The van der Waals surface area contributed by atoms with Gasteiger partial charge in [0, 0.05) is 18.1 Å². The molecule has 25 heavy (non-hydrogen) atoms. The zero-order chi connectivity index (χ0) is 18.0. The highest BCUT2D eigenvalue weighted by atomic mass is 32.1. The van der Waals surface area contributed by atoms with Gasteiger partial charge in [-0.25, -0.2) is 5.84 Å². The third kappa shape index (κ3) is 3.65. The predicted molar refractivity (Wildman–Crippen MR) is 103 cm³/mol. The standard InChI is InChI=1S/C19H22N4OS/c1-19(2,3)23(20)18(24)17-16(9-11-25-17)22-12-13-8-10-21-15-7-5-4-6-14(13)15/h4-11,22H,12,20H2,1-3H3. The predicted octanol–water partition coefficient (Wildman–Crippen LogP) is 4.02. The number of aromatic nitrogens is 1. The molecule has 0 aliphatic carbocycles. The lowest BCUT2D eigenvalue weighted by Crippen LogP contribution is -2.50. The summed E-state index contributed by atoms with van der Waals surface area (Å²) in [5, 5.41) is 7.66. The van der Waals surface area contributed by atoms with Gasteiger partial charge in [-0.15, -0.1) is 11.3 Å². The number of carbonyl (C=O) groups excluding carboxylic acids is 1. The maximum absolute atomic E-state index is 12.7. The Morgan fingerprint density at radius 2 is 2.00 bits per heavy atom. The Morgan fingerprint density at radius 1 is 1.24 bits per heavy atom.